The molecule has 0 aromatic heterocycles. The normalized spacial score (nSPS) is 10.4. The Morgan fingerprint density at radius 1 is 1.61 bits per heavy atom. The van der Waals surface area contributed by atoms with E-state index < -0.39 is 6.03 Å². The fraction of sp³-hybridized carbons (Fsp3) is 0.273. The smallest absolute Gasteiger partial charge is 0.332 e. The maximum atomic E-state index is 10.5. The van der Waals surface area contributed by atoms with E-state index in [1.807, 2.05) is 6.92 Å². The standard InChI is InChI=1S/C11H14ClN3O3/c1-3-18-9-5-7(6-14-15-11(13)16)4-8(12)10(9)17-2/h4-6H,3H2,1-2H3,(H3,13,15,16)/b14-6-. The first-order valence-corrected chi connectivity index (χ1v) is 5.55. The lowest BCUT2D eigenvalue weighted by Crippen LogP contribution is -2.24. The molecule has 0 radical (unpaired) electrons. The number of hydrogen-bond donors (Lipinski definition) is 2. The Morgan fingerprint density at radius 2 is 2.33 bits per heavy atom. The highest BCUT2D eigenvalue weighted by molar-refractivity contribution is 6.32. The van der Waals surface area contributed by atoms with Crippen molar-refractivity contribution in [1.82, 2.24) is 5.43 Å². The van der Waals surface area contributed by atoms with Crippen LogP contribution in [-0.4, -0.2) is 26.0 Å². The number of halogens is 1. The molecule has 0 unspecified atom stereocenters. The zero-order chi connectivity index (χ0) is 13.5. The average molecular weight is 272 g/mol. The second-order valence-corrected chi connectivity index (χ2v) is 3.61. The molecule has 0 fully saturated rings. The SMILES string of the molecule is CCOc1cc(/C=N\NC(N)=O)cc(Cl)c1OC. The van der Waals surface area contributed by atoms with Gasteiger partial charge in [0.05, 0.1) is 25.0 Å². The van der Waals surface area contributed by atoms with Crippen LogP contribution in [0.5, 0.6) is 11.5 Å². The molecule has 3 N–H and O–H groups in total. The Hall–Kier alpha value is -1.95. The topological polar surface area (TPSA) is 85.9 Å². The second-order valence-electron chi connectivity index (χ2n) is 3.20. The van der Waals surface area contributed by atoms with Crippen molar-refractivity contribution in [2.75, 3.05) is 13.7 Å². The molecule has 0 aliphatic rings. The molecule has 98 valence electrons. The van der Waals surface area contributed by atoms with E-state index in [0.717, 1.165) is 0 Å². The first kappa shape index (κ1) is 14.1. The van der Waals surface area contributed by atoms with Crippen molar-refractivity contribution in [3.8, 4) is 11.5 Å². The van der Waals surface area contributed by atoms with E-state index in [1.54, 1.807) is 12.1 Å². The summed E-state index contributed by atoms with van der Waals surface area (Å²) in [5, 5.41) is 4.03. The maximum absolute atomic E-state index is 10.5. The number of hydrogen-bond acceptors (Lipinski definition) is 4. The number of nitrogens with one attached hydrogen (secondary N) is 1. The number of hydrazone groups is 1. The number of nitrogens with two attached hydrogens (primary N) is 1. The monoisotopic (exact) mass is 271 g/mol. The largest absolute Gasteiger partial charge is 0.491 e. The summed E-state index contributed by atoms with van der Waals surface area (Å²) in [5.41, 5.74) is 7.61. The van der Waals surface area contributed by atoms with E-state index in [4.69, 9.17) is 26.8 Å². The number of carbonyl (C=O) groups excluding carboxylic acids is 1. The van der Waals surface area contributed by atoms with Crippen LogP contribution in [0.1, 0.15) is 12.5 Å². The molecule has 2 amide bonds. The third-order valence-electron chi connectivity index (χ3n) is 1.92. The molecule has 6 nitrogen and oxygen atoms in total. The summed E-state index contributed by atoms with van der Waals surface area (Å²) in [7, 11) is 1.51. The molecule has 0 saturated heterocycles. The van der Waals surface area contributed by atoms with E-state index in [0.29, 0.717) is 28.7 Å². The summed E-state index contributed by atoms with van der Waals surface area (Å²) in [6, 6.07) is 2.59. The van der Waals surface area contributed by atoms with Gasteiger partial charge < -0.3 is 15.2 Å². The summed E-state index contributed by atoms with van der Waals surface area (Å²) >= 11 is 6.03. The maximum Gasteiger partial charge on any atom is 0.332 e. The summed E-state index contributed by atoms with van der Waals surface area (Å²) in [4.78, 5) is 10.5. The molecule has 7 heteroatoms. The van der Waals surface area contributed by atoms with E-state index >= 15 is 0 Å². The van der Waals surface area contributed by atoms with Crippen molar-refractivity contribution in [1.29, 1.82) is 0 Å². The molecule has 0 aliphatic carbocycles. The van der Waals surface area contributed by atoms with Crippen molar-refractivity contribution in [2.24, 2.45) is 10.8 Å². The van der Waals surface area contributed by atoms with Crippen molar-refractivity contribution in [3.05, 3.63) is 22.7 Å². The Morgan fingerprint density at radius 3 is 2.89 bits per heavy atom. The molecule has 0 heterocycles. The van der Waals surface area contributed by atoms with Gasteiger partial charge in [0.25, 0.3) is 0 Å². The minimum absolute atomic E-state index is 0.393. The lowest BCUT2D eigenvalue weighted by molar-refractivity contribution is 0.249. The molecule has 0 atom stereocenters. The van der Waals surface area contributed by atoms with E-state index in [-0.39, 0.29) is 0 Å². The third kappa shape index (κ3) is 3.81. The third-order valence-corrected chi connectivity index (χ3v) is 2.20. The summed E-state index contributed by atoms with van der Waals surface area (Å²) in [5.74, 6) is 0.964. The fourth-order valence-electron chi connectivity index (χ4n) is 1.29. The van der Waals surface area contributed by atoms with Crippen molar-refractivity contribution in [2.45, 2.75) is 6.92 Å². The van der Waals surface area contributed by atoms with E-state index in [2.05, 4.69) is 10.5 Å². The Balaban J connectivity index is 3.00. The van der Waals surface area contributed by atoms with Gasteiger partial charge in [-0.2, -0.15) is 5.10 Å². The molecule has 1 aromatic carbocycles. The van der Waals surface area contributed by atoms with Crippen LogP contribution in [0.3, 0.4) is 0 Å². The van der Waals surface area contributed by atoms with Crippen LogP contribution >= 0.6 is 11.6 Å². The van der Waals surface area contributed by atoms with Crippen LogP contribution in [0.25, 0.3) is 0 Å². The second kappa shape index (κ2) is 6.70. The molecule has 0 saturated carbocycles. The van der Waals surface area contributed by atoms with Gasteiger partial charge in [-0.1, -0.05) is 11.6 Å². The summed E-state index contributed by atoms with van der Waals surface area (Å²) in [6.07, 6.45) is 1.40. The molecule has 1 aromatic rings. The molecule has 18 heavy (non-hydrogen) atoms. The minimum Gasteiger partial charge on any atom is -0.491 e. The predicted octanol–water partition coefficient (Wildman–Crippen LogP) is 1.75. The number of rotatable bonds is 5. The highest BCUT2D eigenvalue weighted by atomic mass is 35.5. The van der Waals surface area contributed by atoms with Gasteiger partial charge in [0.2, 0.25) is 0 Å². The van der Waals surface area contributed by atoms with Crippen LogP contribution < -0.4 is 20.6 Å². The Labute approximate surface area is 110 Å². The first-order valence-electron chi connectivity index (χ1n) is 5.17. The fourth-order valence-corrected chi connectivity index (χ4v) is 1.59. The van der Waals surface area contributed by atoms with Gasteiger partial charge in [0, 0.05) is 0 Å². The number of carbonyl (C=O) groups is 1. The number of amides is 2. The summed E-state index contributed by atoms with van der Waals surface area (Å²) in [6.45, 7) is 2.33. The average Bonchev–Trinajstić information content (AvgIpc) is 2.28. The van der Waals surface area contributed by atoms with Gasteiger partial charge in [-0.15, -0.1) is 0 Å². The Kier molecular flexibility index (Phi) is 5.26. The van der Waals surface area contributed by atoms with Crippen LogP contribution in [-0.2, 0) is 0 Å². The summed E-state index contributed by atoms with van der Waals surface area (Å²) < 4.78 is 10.5. The Bertz CT molecular complexity index is 463. The van der Waals surface area contributed by atoms with Gasteiger partial charge in [-0.25, -0.2) is 10.2 Å². The number of methoxy groups -OCH3 is 1. The van der Waals surface area contributed by atoms with Crippen LogP contribution in [0.2, 0.25) is 5.02 Å². The van der Waals surface area contributed by atoms with Crippen LogP contribution in [0, 0.1) is 0 Å². The molecule has 0 aliphatic heterocycles. The lowest BCUT2D eigenvalue weighted by atomic mass is 10.2. The van der Waals surface area contributed by atoms with Crippen molar-refractivity contribution >= 4 is 23.8 Å². The number of ether oxygens (including phenoxy) is 2. The lowest BCUT2D eigenvalue weighted by Gasteiger charge is -2.11. The van der Waals surface area contributed by atoms with E-state index in [1.165, 1.54) is 13.3 Å². The highest BCUT2D eigenvalue weighted by Gasteiger charge is 2.10. The zero-order valence-electron chi connectivity index (χ0n) is 10.1. The van der Waals surface area contributed by atoms with Gasteiger partial charge in [-0.05, 0) is 24.6 Å². The molecule has 0 spiro atoms. The van der Waals surface area contributed by atoms with E-state index in [9.17, 15) is 4.79 Å². The van der Waals surface area contributed by atoms with Gasteiger partial charge >= 0.3 is 6.03 Å². The molecular formula is C11H14ClN3O3. The van der Waals surface area contributed by atoms with Crippen molar-refractivity contribution < 1.29 is 14.3 Å². The quantitative estimate of drug-likeness (QED) is 0.632. The number of nitrogens with zero attached hydrogens (tertiary/aromatic N) is 1. The van der Waals surface area contributed by atoms with Crippen LogP contribution in [0.4, 0.5) is 4.79 Å². The predicted molar refractivity (Wildman–Crippen MR) is 69.5 cm³/mol. The molecule has 0 bridgehead atoms. The van der Waals surface area contributed by atoms with Crippen molar-refractivity contribution in [3.63, 3.8) is 0 Å². The minimum atomic E-state index is -0.740. The molecular weight excluding hydrogens is 258 g/mol. The highest BCUT2D eigenvalue weighted by Crippen LogP contribution is 2.35. The molecule has 1 rings (SSSR count). The van der Waals surface area contributed by atoms with Gasteiger partial charge in [-0.3, -0.25) is 0 Å². The zero-order valence-corrected chi connectivity index (χ0v) is 10.8. The van der Waals surface area contributed by atoms with Gasteiger partial charge in [0.1, 0.15) is 0 Å². The van der Waals surface area contributed by atoms with Gasteiger partial charge in [0.15, 0.2) is 11.5 Å². The van der Waals surface area contributed by atoms with Crippen LogP contribution in [0.15, 0.2) is 17.2 Å². The number of benzene rings is 1. The number of urea groups is 1. The number of primary amides is 1. The first-order chi connectivity index (χ1) is 8.58.